The maximum Gasteiger partial charge on any atom is 0.123 e. The Morgan fingerprint density at radius 3 is 0.949 bits per heavy atom. The minimum atomic E-state index is -0.0756. The third-order valence-electron chi connectivity index (χ3n) is 22.2. The number of hydrogen-bond acceptors (Lipinski definition) is 5. The normalized spacial score (nSPS) is 15.1. The molecule has 0 heterocycles. The molecule has 0 aromatic heterocycles. The van der Waals surface area contributed by atoms with Crippen molar-refractivity contribution in [3.63, 3.8) is 0 Å². The van der Waals surface area contributed by atoms with E-state index in [1.165, 1.54) is 330 Å². The Balaban J connectivity index is 0.000000313. The van der Waals surface area contributed by atoms with Crippen LogP contribution in [0.1, 0.15) is 451 Å². The van der Waals surface area contributed by atoms with E-state index in [1.807, 2.05) is 30.3 Å². The van der Waals surface area contributed by atoms with Crippen molar-refractivity contribution in [1.29, 1.82) is 0 Å². The summed E-state index contributed by atoms with van der Waals surface area (Å²) in [6.07, 6.45) is 67.3. The molecule has 0 amide bonds. The maximum absolute atomic E-state index is 11.2. The van der Waals surface area contributed by atoms with Crippen LogP contribution in [0, 0.1) is 6.92 Å². The zero-order chi connectivity index (χ0) is 71.4. The fraction of sp³-hybridized carbons (Fsp3) is 0.742. The zero-order valence-electron chi connectivity index (χ0n) is 66.6. The first-order valence-electron chi connectivity index (χ1n) is 41.9. The van der Waals surface area contributed by atoms with Crippen molar-refractivity contribution in [2.24, 2.45) is 0 Å². The average Bonchev–Trinajstić information content (AvgIpc) is 0.803. The number of phenolic OH excluding ortho intramolecular Hbond substituents is 4. The molecule has 7 rings (SSSR count). The largest absolute Gasteiger partial charge is 0.508 e. The third kappa shape index (κ3) is 34.8. The van der Waals surface area contributed by atoms with E-state index in [0.717, 1.165) is 41.0 Å². The molecule has 0 spiro atoms. The molecular formula is C93H156O5. The van der Waals surface area contributed by atoms with Gasteiger partial charge in [0.05, 0.1) is 6.61 Å². The summed E-state index contributed by atoms with van der Waals surface area (Å²) in [5.74, 6) is 4.09. The Morgan fingerprint density at radius 1 is 0.347 bits per heavy atom. The molecule has 5 nitrogen and oxygen atoms in total. The first kappa shape index (κ1) is 86.4. The van der Waals surface area contributed by atoms with Crippen LogP contribution in [0.15, 0.2) is 60.7 Å². The number of aromatic hydroxyl groups is 4. The number of rotatable bonds is 39. The van der Waals surface area contributed by atoms with Crippen LogP contribution in [-0.2, 0) is 40.4 Å². The van der Waals surface area contributed by atoms with Crippen molar-refractivity contribution in [1.82, 2.24) is 0 Å². The van der Waals surface area contributed by atoms with Gasteiger partial charge in [0.1, 0.15) is 23.0 Å². The summed E-state index contributed by atoms with van der Waals surface area (Å²) < 4.78 is 5.22. The zero-order valence-corrected chi connectivity index (χ0v) is 66.6. The number of methoxy groups -OCH3 is 1. The van der Waals surface area contributed by atoms with E-state index in [4.69, 9.17) is 4.74 Å². The number of hydrogen-bond donors (Lipinski definition) is 4. The predicted molar refractivity (Wildman–Crippen MR) is 428 cm³/mol. The minimum Gasteiger partial charge on any atom is -0.508 e. The van der Waals surface area contributed by atoms with Gasteiger partial charge >= 0.3 is 0 Å². The second-order valence-electron chi connectivity index (χ2n) is 34.3. The van der Waals surface area contributed by atoms with Crippen molar-refractivity contribution >= 4 is 0 Å². The second kappa shape index (κ2) is 49.6. The number of para-hydroxylation sites is 1. The molecule has 4 aromatic carbocycles. The lowest BCUT2D eigenvalue weighted by Gasteiger charge is -2.30. The van der Waals surface area contributed by atoms with Crippen molar-refractivity contribution in [2.45, 2.75) is 438 Å². The van der Waals surface area contributed by atoms with Gasteiger partial charge in [0.2, 0.25) is 0 Å². The quantitative estimate of drug-likeness (QED) is 0.0334. The molecule has 3 aliphatic rings. The maximum atomic E-state index is 11.2. The molecule has 558 valence electrons. The smallest absolute Gasteiger partial charge is 0.123 e. The lowest BCUT2D eigenvalue weighted by Crippen LogP contribution is -2.18. The van der Waals surface area contributed by atoms with E-state index in [9.17, 15) is 20.4 Å². The molecule has 3 saturated carbocycles. The van der Waals surface area contributed by atoms with E-state index >= 15 is 0 Å². The Bertz CT molecular complexity index is 2530. The predicted octanol–water partition coefficient (Wildman–Crippen LogP) is 29.7. The van der Waals surface area contributed by atoms with E-state index in [2.05, 4.69) is 107 Å². The highest BCUT2D eigenvalue weighted by Gasteiger charge is 2.29. The number of benzene rings is 4. The van der Waals surface area contributed by atoms with Crippen LogP contribution >= 0.6 is 0 Å². The Kier molecular flexibility index (Phi) is 43.8. The van der Waals surface area contributed by atoms with Crippen LogP contribution in [0.4, 0.5) is 0 Å². The van der Waals surface area contributed by atoms with Gasteiger partial charge in [0.15, 0.2) is 0 Å². The van der Waals surface area contributed by atoms with Crippen molar-refractivity contribution in [3.05, 3.63) is 116 Å². The molecule has 3 fully saturated rings. The van der Waals surface area contributed by atoms with Gasteiger partial charge in [-0.2, -0.15) is 0 Å². The molecule has 0 atom stereocenters. The fourth-order valence-corrected chi connectivity index (χ4v) is 16.1. The molecule has 0 bridgehead atoms. The molecule has 4 N–H and O–H groups in total. The molecule has 5 heteroatoms. The van der Waals surface area contributed by atoms with Crippen LogP contribution in [0.3, 0.4) is 0 Å². The van der Waals surface area contributed by atoms with Gasteiger partial charge < -0.3 is 25.2 Å². The molecule has 0 saturated heterocycles. The molecule has 0 radical (unpaired) electrons. The van der Waals surface area contributed by atoms with Crippen molar-refractivity contribution < 1.29 is 25.2 Å². The average molecular weight is 1350 g/mol. The van der Waals surface area contributed by atoms with E-state index in [1.54, 1.807) is 18.7 Å². The van der Waals surface area contributed by atoms with Crippen LogP contribution in [0.2, 0.25) is 0 Å². The number of ether oxygens (including phenoxy) is 1. The first-order valence-corrected chi connectivity index (χ1v) is 41.9. The molecule has 0 aliphatic heterocycles. The summed E-state index contributed by atoms with van der Waals surface area (Å²) in [5, 5.41) is 42.1. The third-order valence-corrected chi connectivity index (χ3v) is 22.2. The van der Waals surface area contributed by atoms with Gasteiger partial charge in [0, 0.05) is 7.11 Å². The van der Waals surface area contributed by atoms with Gasteiger partial charge in [-0.1, -0.05) is 375 Å². The van der Waals surface area contributed by atoms with Gasteiger partial charge in [0.25, 0.3) is 0 Å². The van der Waals surface area contributed by atoms with Gasteiger partial charge in [-0.3, -0.25) is 0 Å². The SMILES string of the molecule is CC(C)(C)c1ccccc1O.CCCCCCCCCCCCCCCCCCc1cc(C)cc(CCCCCCCCCCCCCCCCCC)c1O.COCc1cc(C(C)(C)C)c(O)c(C(C)(C)C)c1.Oc1c(C2CCCCC2)cc(C2CCCCC2)cc1C1CCCCC1. The van der Waals surface area contributed by atoms with E-state index < -0.39 is 0 Å². The second-order valence-corrected chi connectivity index (χ2v) is 34.3. The fourth-order valence-electron chi connectivity index (χ4n) is 16.1. The Hall–Kier alpha value is -3.96. The summed E-state index contributed by atoms with van der Waals surface area (Å²) in [6.45, 7) is 26.3. The summed E-state index contributed by atoms with van der Waals surface area (Å²) in [7, 11) is 1.69. The van der Waals surface area contributed by atoms with Crippen LogP contribution in [0.5, 0.6) is 23.0 Å². The topological polar surface area (TPSA) is 90.2 Å². The van der Waals surface area contributed by atoms with Crippen LogP contribution in [-0.4, -0.2) is 27.5 Å². The van der Waals surface area contributed by atoms with Gasteiger partial charge in [-0.05, 0) is 173 Å². The van der Waals surface area contributed by atoms with Gasteiger partial charge in [-0.25, -0.2) is 0 Å². The monoisotopic (exact) mass is 1350 g/mol. The Labute approximate surface area is 606 Å². The highest BCUT2D eigenvalue weighted by molar-refractivity contribution is 5.51. The molecule has 98 heavy (non-hydrogen) atoms. The van der Waals surface area contributed by atoms with Crippen molar-refractivity contribution in [2.75, 3.05) is 7.11 Å². The lowest BCUT2D eigenvalue weighted by molar-refractivity contribution is 0.184. The Morgan fingerprint density at radius 2 is 0.653 bits per heavy atom. The summed E-state index contributed by atoms with van der Waals surface area (Å²) in [5.41, 5.74) is 11.9. The summed E-state index contributed by atoms with van der Waals surface area (Å²) in [4.78, 5) is 0. The molecule has 0 unspecified atom stereocenters. The van der Waals surface area contributed by atoms with E-state index in [0.29, 0.717) is 41.4 Å². The summed E-state index contributed by atoms with van der Waals surface area (Å²) in [6, 6.07) is 20.9. The number of phenols is 4. The molecular weight excluding hydrogens is 1200 g/mol. The molecule has 4 aromatic rings. The van der Waals surface area contributed by atoms with Crippen LogP contribution in [0.25, 0.3) is 0 Å². The number of aryl methyl sites for hydroxylation is 3. The standard InChI is InChI=1S/C43H80O.C24H36O.C16H26O2.C10H14O/c1-4-6-8-10-12-14-16-18-20-22-24-26-28-30-32-34-36-41-38-40(3)39-42(43(41)44)37-35-33-31-29-27-25-23-21-19-17-15-13-11-9-7-5-2;25-24-22(19-12-6-2-7-13-19)16-21(18-10-4-1-5-11-18)17-23(24)20-14-8-3-9-15-20;1-15(2,3)12-8-11(10-18-7)9-13(14(12)17)16(4,5)6;1-10(2,3)8-6-4-5-7-9(8)11/h38-39,44H,4-37H2,1-3H3;16-20,25H,1-15H2;8-9,17H,10H2,1-7H3;4-7,11H,1-3H3. The minimum absolute atomic E-state index is 0.0331. The highest BCUT2D eigenvalue weighted by Crippen LogP contribution is 2.47. The van der Waals surface area contributed by atoms with E-state index in [-0.39, 0.29) is 16.2 Å². The van der Waals surface area contributed by atoms with Crippen LogP contribution < -0.4 is 0 Å². The first-order chi connectivity index (χ1) is 47.1. The lowest BCUT2D eigenvalue weighted by atomic mass is 9.75. The summed E-state index contributed by atoms with van der Waals surface area (Å²) >= 11 is 0. The van der Waals surface area contributed by atoms with Crippen molar-refractivity contribution in [3.8, 4) is 23.0 Å². The molecule has 3 aliphatic carbocycles. The van der Waals surface area contributed by atoms with Gasteiger partial charge in [-0.15, -0.1) is 0 Å². The highest BCUT2D eigenvalue weighted by atomic mass is 16.5. The number of unbranched alkanes of at least 4 members (excludes halogenated alkanes) is 30.